The molecule has 0 radical (unpaired) electrons. The number of phenols is 1. The van der Waals surface area contributed by atoms with Gasteiger partial charge in [-0.05, 0) is 105 Å². The van der Waals surface area contributed by atoms with E-state index in [1.165, 1.54) is 4.90 Å². The zero-order chi connectivity index (χ0) is 49.3. The van der Waals surface area contributed by atoms with E-state index in [2.05, 4.69) is 48.5 Å². The highest BCUT2D eigenvalue weighted by atomic mass is 16.3. The monoisotopic (exact) mass is 952 g/mol. The Bertz CT molecular complexity index is 2720. The first kappa shape index (κ1) is 48.4. The van der Waals surface area contributed by atoms with Crippen molar-refractivity contribution in [3.05, 3.63) is 94.9 Å². The topological polar surface area (TPSA) is 216 Å². The van der Waals surface area contributed by atoms with Crippen molar-refractivity contribution in [1.82, 2.24) is 50.5 Å². The molecular weight excluding hydrogens is 887 g/mol. The number of H-pyrrole nitrogens is 1. The number of urea groups is 1. The van der Waals surface area contributed by atoms with Crippen LogP contribution in [0.5, 0.6) is 5.75 Å². The van der Waals surface area contributed by atoms with Crippen molar-refractivity contribution in [3.8, 4) is 29.4 Å². The van der Waals surface area contributed by atoms with Crippen molar-refractivity contribution >= 4 is 34.8 Å². The van der Waals surface area contributed by atoms with Crippen LogP contribution in [0.1, 0.15) is 112 Å². The van der Waals surface area contributed by atoms with E-state index in [1.807, 2.05) is 51.4 Å². The van der Waals surface area contributed by atoms with E-state index in [1.54, 1.807) is 41.3 Å². The summed E-state index contributed by atoms with van der Waals surface area (Å²) in [5.74, 6) is 2.93. The van der Waals surface area contributed by atoms with Gasteiger partial charge in [0.05, 0.1) is 23.9 Å². The number of aliphatic hydroxyl groups excluding tert-OH is 2. The molecule has 0 spiro atoms. The van der Waals surface area contributed by atoms with E-state index in [0.29, 0.717) is 47.8 Å². The predicted molar refractivity (Wildman–Crippen MR) is 265 cm³/mol. The van der Waals surface area contributed by atoms with Crippen LogP contribution in [0.4, 0.5) is 10.7 Å². The number of carbonyl (C=O) groups excluding carboxylic acids is 3. The summed E-state index contributed by atoms with van der Waals surface area (Å²) in [5, 5.41) is 46.9. The molecule has 17 heteroatoms. The van der Waals surface area contributed by atoms with Gasteiger partial charge in [0, 0.05) is 91.8 Å². The lowest BCUT2D eigenvalue weighted by Crippen LogP contribution is -2.60. The summed E-state index contributed by atoms with van der Waals surface area (Å²) in [6.07, 6.45) is 13.3. The highest BCUT2D eigenvalue weighted by Crippen LogP contribution is 2.39. The average molecular weight is 952 g/mol. The molecule has 4 amide bonds. The first-order valence-corrected chi connectivity index (χ1v) is 24.7. The maximum Gasteiger partial charge on any atom is 0.318 e. The molecule has 2 aromatic carbocycles. The van der Waals surface area contributed by atoms with Crippen LogP contribution in [0.2, 0.25) is 0 Å². The number of hydrogen-bond donors (Lipinski definition) is 6. The van der Waals surface area contributed by atoms with Gasteiger partial charge in [-0.15, -0.1) is 16.6 Å². The van der Waals surface area contributed by atoms with E-state index >= 15 is 0 Å². The maximum absolute atomic E-state index is 14.4. The first-order valence-electron chi connectivity index (χ1n) is 24.7. The number of piperidine rings is 2. The lowest BCUT2D eigenvalue weighted by atomic mass is 9.85. The third-order valence-corrected chi connectivity index (χ3v) is 15.0. The Morgan fingerprint density at radius 1 is 0.943 bits per heavy atom. The second-order valence-electron chi connectivity index (χ2n) is 20.5. The van der Waals surface area contributed by atoms with Gasteiger partial charge in [0.2, 0.25) is 17.8 Å². The number of rotatable bonds is 11. The molecule has 70 heavy (non-hydrogen) atoms. The standard InChI is InChI=1S/C53H65N11O6/c1-6-33-11-13-35(14-12-33)41(20-26-65)57-49(68)44-27-38(66)31-64(44)50(69)47(53(3,4)5)58-52(70)62-23-17-37(18-24-62)61-21-15-34(16-22-61)36-29-54-51(55-30-36)63-25-19-42-46(32(63)2)40-28-43(59-60-48(40)56-42)39-9-7-8-10-45(39)67/h1,7-14,28-30,32,34,37-38,41,44,47,65-67H,15-27,31H2,2-5H3,(H,56,60)(H,57,68)(H,58,70)/t32-,38-,41+,44+,47-/m1/s1. The lowest BCUT2D eigenvalue weighted by Gasteiger charge is -2.42. The fourth-order valence-corrected chi connectivity index (χ4v) is 11.0. The van der Waals surface area contributed by atoms with E-state index in [-0.39, 0.29) is 43.8 Å². The number of amides is 4. The number of anilines is 1. The highest BCUT2D eigenvalue weighted by Gasteiger charge is 2.45. The number of β-amino-alcohol motifs (C(OH)–C–C–N with tert-alkyl or cyclic N) is 1. The summed E-state index contributed by atoms with van der Waals surface area (Å²) in [4.78, 5) is 63.3. The van der Waals surface area contributed by atoms with Gasteiger partial charge in [0.15, 0.2) is 5.65 Å². The molecule has 7 heterocycles. The molecule has 6 N–H and O–H groups in total. The summed E-state index contributed by atoms with van der Waals surface area (Å²) < 4.78 is 0. The SMILES string of the molecule is C#Cc1ccc([C@H](CCO)NC(=O)[C@@H]2C[C@@H](O)CN2C(=O)[C@@H](NC(=O)N2CCC(N3CCC(c4cnc(N5CCc6[nH]c7nnc(-c8ccccc8O)cc7c6[C@H]5C)nc4)CC3)CC2)C(C)(C)C)cc1. The summed E-state index contributed by atoms with van der Waals surface area (Å²) in [5.41, 5.74) is 6.16. The van der Waals surface area contributed by atoms with Crippen molar-refractivity contribution in [2.24, 2.45) is 5.41 Å². The maximum atomic E-state index is 14.4. The number of hydrogen-bond acceptors (Lipinski definition) is 12. The van der Waals surface area contributed by atoms with Crippen LogP contribution < -0.4 is 15.5 Å². The molecule has 0 bridgehead atoms. The number of aromatic nitrogens is 5. The Morgan fingerprint density at radius 2 is 1.66 bits per heavy atom. The number of carbonyl (C=O) groups is 3. The molecule has 4 aliphatic heterocycles. The van der Waals surface area contributed by atoms with Crippen LogP contribution in [-0.2, 0) is 16.0 Å². The number of aromatic hydroxyl groups is 1. The predicted octanol–water partition coefficient (Wildman–Crippen LogP) is 5.20. The molecular formula is C53H65N11O6. The highest BCUT2D eigenvalue weighted by molar-refractivity contribution is 5.93. The first-order chi connectivity index (χ1) is 33.7. The molecule has 0 unspecified atom stereocenters. The number of para-hydroxylation sites is 1. The Balaban J connectivity index is 0.767. The van der Waals surface area contributed by atoms with E-state index in [0.717, 1.165) is 85.2 Å². The molecule has 0 aliphatic carbocycles. The molecule has 3 saturated heterocycles. The van der Waals surface area contributed by atoms with Crippen molar-refractivity contribution in [2.45, 2.75) is 115 Å². The van der Waals surface area contributed by atoms with Crippen LogP contribution in [0.3, 0.4) is 0 Å². The Hall–Kier alpha value is -6.61. The molecule has 4 aliphatic rings. The molecule has 0 saturated carbocycles. The lowest BCUT2D eigenvalue weighted by molar-refractivity contribution is -0.142. The minimum Gasteiger partial charge on any atom is -0.507 e. The van der Waals surface area contributed by atoms with Crippen LogP contribution in [0, 0.1) is 17.8 Å². The van der Waals surface area contributed by atoms with Gasteiger partial charge in [-0.1, -0.05) is 51.0 Å². The van der Waals surface area contributed by atoms with Gasteiger partial charge in [-0.3, -0.25) is 9.59 Å². The molecule has 3 aromatic heterocycles. The number of nitrogens with one attached hydrogen (secondary N) is 3. The number of nitrogens with zero attached hydrogens (tertiary/aromatic N) is 8. The third-order valence-electron chi connectivity index (χ3n) is 15.0. The Kier molecular flexibility index (Phi) is 14.1. The van der Waals surface area contributed by atoms with Crippen molar-refractivity contribution < 1.29 is 29.7 Å². The van der Waals surface area contributed by atoms with Gasteiger partial charge in [0.25, 0.3) is 0 Å². The number of benzene rings is 2. The van der Waals surface area contributed by atoms with Crippen LogP contribution in [0.25, 0.3) is 22.3 Å². The second kappa shape index (κ2) is 20.4. The third kappa shape index (κ3) is 10.0. The number of phenolic OH excluding ortho intramolecular Hbond substituents is 1. The summed E-state index contributed by atoms with van der Waals surface area (Å²) in [7, 11) is 0. The second-order valence-corrected chi connectivity index (χ2v) is 20.5. The fourth-order valence-electron chi connectivity index (χ4n) is 11.0. The zero-order valence-corrected chi connectivity index (χ0v) is 40.5. The van der Waals surface area contributed by atoms with Crippen molar-refractivity contribution in [3.63, 3.8) is 0 Å². The normalized spacial score (nSPS) is 21.3. The van der Waals surface area contributed by atoms with Crippen LogP contribution >= 0.6 is 0 Å². The van der Waals surface area contributed by atoms with Gasteiger partial charge < -0.3 is 50.5 Å². The molecule has 17 nitrogen and oxygen atoms in total. The molecule has 368 valence electrons. The van der Waals surface area contributed by atoms with Crippen molar-refractivity contribution in [1.29, 1.82) is 0 Å². The minimum absolute atomic E-state index is 0.00595. The number of likely N-dealkylation sites (tertiary alicyclic amines) is 3. The zero-order valence-electron chi connectivity index (χ0n) is 40.5. The van der Waals surface area contributed by atoms with Crippen LogP contribution in [-0.4, -0.2) is 143 Å². The molecule has 5 aromatic rings. The summed E-state index contributed by atoms with van der Waals surface area (Å²) in [6.45, 7) is 11.4. The molecule has 3 fully saturated rings. The smallest absolute Gasteiger partial charge is 0.318 e. The number of terminal acetylenes is 1. The van der Waals surface area contributed by atoms with Crippen LogP contribution in [0.15, 0.2) is 67.0 Å². The summed E-state index contributed by atoms with van der Waals surface area (Å²) in [6, 6.07) is 13.9. The van der Waals surface area contributed by atoms with Gasteiger partial charge >= 0.3 is 6.03 Å². The van der Waals surface area contributed by atoms with Gasteiger partial charge in [-0.2, -0.15) is 0 Å². The average Bonchev–Trinajstić information content (AvgIpc) is 3.96. The number of fused-ring (bicyclic) bond motifs is 3. The van der Waals surface area contributed by atoms with Gasteiger partial charge in [0.1, 0.15) is 17.8 Å². The quantitative estimate of drug-likeness (QED) is 0.0944. The fraction of sp³-hybridized carbons (Fsp3) is 0.491. The number of aromatic amines is 1. The Morgan fingerprint density at radius 3 is 2.33 bits per heavy atom. The van der Waals surface area contributed by atoms with E-state index in [4.69, 9.17) is 16.4 Å². The van der Waals surface area contributed by atoms with Gasteiger partial charge in [-0.25, -0.2) is 14.8 Å². The van der Waals surface area contributed by atoms with E-state index in [9.17, 15) is 29.7 Å². The molecule has 9 rings (SSSR count). The largest absolute Gasteiger partial charge is 0.507 e. The summed E-state index contributed by atoms with van der Waals surface area (Å²) >= 11 is 0. The van der Waals surface area contributed by atoms with Crippen molar-refractivity contribution in [2.75, 3.05) is 50.8 Å². The van der Waals surface area contributed by atoms with E-state index < -0.39 is 41.5 Å². The Labute approximate surface area is 409 Å². The molecule has 5 atom stereocenters. The minimum atomic E-state index is -0.953. The number of aliphatic hydroxyl groups is 2.